The standard InChI is InChI=1S/C6H7N3S/c7-4-3-10-5-1-2-9(8)6(4)5/h1-3H,7-8H2. The number of thiophene rings is 1. The molecule has 0 atom stereocenters. The van der Waals surface area contributed by atoms with Gasteiger partial charge in [-0.15, -0.1) is 11.3 Å². The van der Waals surface area contributed by atoms with Crippen LogP contribution in [0.2, 0.25) is 0 Å². The third-order valence-electron chi connectivity index (χ3n) is 1.46. The van der Waals surface area contributed by atoms with Gasteiger partial charge in [-0.2, -0.15) is 0 Å². The Morgan fingerprint density at radius 1 is 1.50 bits per heavy atom. The van der Waals surface area contributed by atoms with E-state index in [-0.39, 0.29) is 0 Å². The van der Waals surface area contributed by atoms with Gasteiger partial charge in [0.25, 0.3) is 0 Å². The zero-order chi connectivity index (χ0) is 7.14. The molecule has 0 saturated heterocycles. The third-order valence-corrected chi connectivity index (χ3v) is 2.42. The van der Waals surface area contributed by atoms with Gasteiger partial charge in [-0.1, -0.05) is 0 Å². The maximum absolute atomic E-state index is 5.63. The molecular formula is C6H7N3S. The van der Waals surface area contributed by atoms with Crippen molar-refractivity contribution in [3.8, 4) is 0 Å². The van der Waals surface area contributed by atoms with Gasteiger partial charge in [-0.05, 0) is 6.07 Å². The van der Waals surface area contributed by atoms with Crippen LogP contribution in [0.5, 0.6) is 0 Å². The molecular weight excluding hydrogens is 146 g/mol. The topological polar surface area (TPSA) is 57.0 Å². The van der Waals surface area contributed by atoms with E-state index in [0.717, 1.165) is 15.9 Å². The fourth-order valence-corrected chi connectivity index (χ4v) is 1.84. The summed E-state index contributed by atoms with van der Waals surface area (Å²) in [6.45, 7) is 0. The Bertz CT molecular complexity index is 328. The minimum atomic E-state index is 0.757. The molecule has 2 rings (SSSR count). The largest absolute Gasteiger partial charge is 0.396 e. The van der Waals surface area contributed by atoms with Crippen molar-refractivity contribution in [3.63, 3.8) is 0 Å². The summed E-state index contributed by atoms with van der Waals surface area (Å²) in [6, 6.07) is 1.95. The molecule has 52 valence electrons. The van der Waals surface area contributed by atoms with Crippen molar-refractivity contribution < 1.29 is 0 Å². The van der Waals surface area contributed by atoms with E-state index in [1.165, 1.54) is 0 Å². The number of rotatable bonds is 0. The highest BCUT2D eigenvalue weighted by Gasteiger charge is 2.02. The quantitative estimate of drug-likeness (QED) is 0.555. The van der Waals surface area contributed by atoms with E-state index in [2.05, 4.69) is 0 Å². The van der Waals surface area contributed by atoms with Crippen molar-refractivity contribution in [2.45, 2.75) is 0 Å². The molecule has 0 unspecified atom stereocenters. The second-order valence-corrected chi connectivity index (χ2v) is 3.04. The molecule has 4 heteroatoms. The van der Waals surface area contributed by atoms with E-state index in [9.17, 15) is 0 Å². The van der Waals surface area contributed by atoms with Crippen molar-refractivity contribution in [3.05, 3.63) is 17.6 Å². The molecule has 0 aliphatic carbocycles. The van der Waals surface area contributed by atoms with Crippen LogP contribution in [0.4, 0.5) is 5.69 Å². The molecule has 10 heavy (non-hydrogen) atoms. The highest BCUT2D eigenvalue weighted by molar-refractivity contribution is 7.17. The summed E-state index contributed by atoms with van der Waals surface area (Å²) in [4.78, 5) is 0. The summed E-state index contributed by atoms with van der Waals surface area (Å²) >= 11 is 1.61. The molecule has 0 saturated carbocycles. The zero-order valence-electron chi connectivity index (χ0n) is 5.24. The lowest BCUT2D eigenvalue weighted by Gasteiger charge is -1.91. The van der Waals surface area contributed by atoms with E-state index in [4.69, 9.17) is 11.6 Å². The number of hydrogen-bond donors (Lipinski definition) is 2. The Labute approximate surface area is 61.8 Å². The number of aromatic nitrogens is 1. The van der Waals surface area contributed by atoms with Crippen molar-refractivity contribution in [2.75, 3.05) is 11.6 Å². The van der Waals surface area contributed by atoms with Crippen LogP contribution in [-0.2, 0) is 0 Å². The number of nitrogens with zero attached hydrogens (tertiary/aromatic N) is 1. The van der Waals surface area contributed by atoms with E-state index < -0.39 is 0 Å². The molecule has 0 aliphatic heterocycles. The molecule has 0 aliphatic rings. The number of nitrogens with two attached hydrogens (primary N) is 2. The van der Waals surface area contributed by atoms with Crippen molar-refractivity contribution in [1.29, 1.82) is 0 Å². The summed E-state index contributed by atoms with van der Waals surface area (Å²) in [5.74, 6) is 5.56. The second-order valence-electron chi connectivity index (χ2n) is 2.13. The number of fused-ring (bicyclic) bond motifs is 1. The van der Waals surface area contributed by atoms with Gasteiger partial charge in [-0.3, -0.25) is 4.68 Å². The Morgan fingerprint density at radius 2 is 2.30 bits per heavy atom. The normalized spacial score (nSPS) is 10.8. The molecule has 2 aromatic rings. The molecule has 4 N–H and O–H groups in total. The minimum absolute atomic E-state index is 0.757. The van der Waals surface area contributed by atoms with Gasteiger partial charge < -0.3 is 11.6 Å². The van der Waals surface area contributed by atoms with E-state index in [1.807, 2.05) is 11.4 Å². The van der Waals surface area contributed by atoms with Crippen LogP contribution in [0.3, 0.4) is 0 Å². The van der Waals surface area contributed by atoms with E-state index in [1.54, 1.807) is 22.2 Å². The van der Waals surface area contributed by atoms with Gasteiger partial charge in [0.1, 0.15) is 5.52 Å². The minimum Gasteiger partial charge on any atom is -0.396 e. The Balaban J connectivity index is 2.98. The van der Waals surface area contributed by atoms with Crippen LogP contribution in [0.15, 0.2) is 17.6 Å². The fraction of sp³-hybridized carbons (Fsp3) is 0. The maximum atomic E-state index is 5.63. The number of anilines is 1. The lowest BCUT2D eigenvalue weighted by Crippen LogP contribution is -2.05. The highest BCUT2D eigenvalue weighted by Crippen LogP contribution is 2.27. The Hall–Kier alpha value is -1.16. The SMILES string of the molecule is Nc1csc2ccn(N)c12. The van der Waals surface area contributed by atoms with Crippen LogP contribution >= 0.6 is 11.3 Å². The van der Waals surface area contributed by atoms with Gasteiger partial charge in [-0.25, -0.2) is 0 Å². The monoisotopic (exact) mass is 153 g/mol. The first-order valence-electron chi connectivity index (χ1n) is 2.88. The summed E-state index contributed by atoms with van der Waals surface area (Å²) in [6.07, 6.45) is 1.80. The molecule has 3 nitrogen and oxygen atoms in total. The predicted octanol–water partition coefficient (Wildman–Crippen LogP) is 0.999. The number of hydrogen-bond acceptors (Lipinski definition) is 3. The van der Waals surface area contributed by atoms with Crippen molar-refractivity contribution >= 4 is 27.2 Å². The second kappa shape index (κ2) is 1.67. The third kappa shape index (κ3) is 0.537. The summed E-state index contributed by atoms with van der Waals surface area (Å²) in [7, 11) is 0. The van der Waals surface area contributed by atoms with E-state index >= 15 is 0 Å². The maximum Gasteiger partial charge on any atom is 0.103 e. The lowest BCUT2D eigenvalue weighted by atomic mass is 10.4. The summed E-state index contributed by atoms with van der Waals surface area (Å²) in [5, 5.41) is 1.90. The average molecular weight is 153 g/mol. The van der Waals surface area contributed by atoms with Crippen molar-refractivity contribution in [1.82, 2.24) is 4.68 Å². The first kappa shape index (κ1) is 5.61. The predicted molar refractivity (Wildman–Crippen MR) is 44.4 cm³/mol. The molecule has 2 aromatic heterocycles. The smallest absolute Gasteiger partial charge is 0.103 e. The van der Waals surface area contributed by atoms with E-state index in [0.29, 0.717) is 0 Å². The van der Waals surface area contributed by atoms with Gasteiger partial charge in [0.05, 0.1) is 10.4 Å². The van der Waals surface area contributed by atoms with Crippen LogP contribution in [0, 0.1) is 0 Å². The van der Waals surface area contributed by atoms with Gasteiger partial charge in [0.15, 0.2) is 0 Å². The molecule has 0 radical (unpaired) electrons. The van der Waals surface area contributed by atoms with Gasteiger partial charge >= 0.3 is 0 Å². The lowest BCUT2D eigenvalue weighted by molar-refractivity contribution is 1.07. The fourth-order valence-electron chi connectivity index (χ4n) is 0.998. The zero-order valence-corrected chi connectivity index (χ0v) is 6.06. The molecule has 0 bridgehead atoms. The van der Waals surface area contributed by atoms with Crippen LogP contribution in [0.25, 0.3) is 10.2 Å². The Kier molecular flexibility index (Phi) is 0.935. The van der Waals surface area contributed by atoms with Crippen LogP contribution in [-0.4, -0.2) is 4.68 Å². The average Bonchev–Trinajstić information content (AvgIpc) is 2.40. The van der Waals surface area contributed by atoms with Crippen LogP contribution in [0.1, 0.15) is 0 Å². The Morgan fingerprint density at radius 3 is 3.00 bits per heavy atom. The van der Waals surface area contributed by atoms with Gasteiger partial charge in [0.2, 0.25) is 0 Å². The van der Waals surface area contributed by atoms with Crippen LogP contribution < -0.4 is 11.6 Å². The first-order valence-corrected chi connectivity index (χ1v) is 3.76. The molecule has 0 amide bonds. The molecule has 0 spiro atoms. The first-order chi connectivity index (χ1) is 4.79. The highest BCUT2D eigenvalue weighted by atomic mass is 32.1. The molecule has 0 aromatic carbocycles. The molecule has 2 heterocycles. The summed E-state index contributed by atoms with van der Waals surface area (Å²) < 4.78 is 2.68. The van der Waals surface area contributed by atoms with Crippen molar-refractivity contribution in [2.24, 2.45) is 0 Å². The summed E-state index contributed by atoms with van der Waals surface area (Å²) in [5.41, 5.74) is 7.32. The molecule has 0 fully saturated rings. The number of nitrogen functional groups attached to an aromatic ring is 2. The van der Waals surface area contributed by atoms with Gasteiger partial charge in [0, 0.05) is 11.6 Å².